The summed E-state index contributed by atoms with van der Waals surface area (Å²) >= 11 is 0. The molecule has 0 saturated heterocycles. The van der Waals surface area contributed by atoms with E-state index in [2.05, 4.69) is 5.32 Å². The number of methoxy groups -OCH3 is 1. The van der Waals surface area contributed by atoms with Gasteiger partial charge >= 0.3 is 0 Å². The molecule has 2 aromatic rings. The van der Waals surface area contributed by atoms with Crippen molar-refractivity contribution in [2.24, 2.45) is 0 Å². The maximum absolute atomic E-state index is 12.2. The molecule has 158 valence electrons. The van der Waals surface area contributed by atoms with Crippen LogP contribution in [-0.2, 0) is 21.2 Å². The first-order valence-electron chi connectivity index (χ1n) is 9.32. The third-order valence-corrected chi connectivity index (χ3v) is 5.69. The molecule has 0 heterocycles. The molecule has 0 saturated carbocycles. The number of ether oxygens (including phenoxy) is 2. The molecule has 0 radical (unpaired) electrons. The normalized spacial score (nSPS) is 12.1. The van der Waals surface area contributed by atoms with Gasteiger partial charge in [0.1, 0.15) is 11.5 Å². The van der Waals surface area contributed by atoms with Crippen molar-refractivity contribution in [1.29, 1.82) is 0 Å². The predicted octanol–water partition coefficient (Wildman–Crippen LogP) is 2.61. The zero-order chi connectivity index (χ0) is 21.4. The van der Waals surface area contributed by atoms with E-state index in [9.17, 15) is 13.2 Å². The highest BCUT2D eigenvalue weighted by Gasteiger charge is 2.15. The van der Waals surface area contributed by atoms with Crippen LogP contribution in [0.25, 0.3) is 0 Å². The summed E-state index contributed by atoms with van der Waals surface area (Å²) in [6.45, 7) is 2.23. The van der Waals surface area contributed by atoms with Crippen LogP contribution in [0.15, 0.2) is 48.5 Å². The highest BCUT2D eigenvalue weighted by Crippen LogP contribution is 2.21. The van der Waals surface area contributed by atoms with E-state index < -0.39 is 16.1 Å². The number of carbonyl (C=O) groups excluding carboxylic acids is 1. The molecular formula is C21H28N2O5S. The smallest absolute Gasteiger partial charge is 0.260 e. The van der Waals surface area contributed by atoms with Crippen LogP contribution >= 0.6 is 0 Å². The Bertz CT molecular complexity index is 896. The van der Waals surface area contributed by atoms with Crippen molar-refractivity contribution in [1.82, 2.24) is 5.32 Å². The van der Waals surface area contributed by atoms with Crippen molar-refractivity contribution >= 4 is 21.6 Å². The molecule has 1 unspecified atom stereocenters. The predicted molar refractivity (Wildman–Crippen MR) is 114 cm³/mol. The molecule has 2 rings (SSSR count). The minimum absolute atomic E-state index is 0.197. The van der Waals surface area contributed by atoms with Crippen LogP contribution in [-0.4, -0.2) is 47.4 Å². The van der Waals surface area contributed by atoms with Gasteiger partial charge in [-0.1, -0.05) is 12.1 Å². The lowest BCUT2D eigenvalue weighted by Crippen LogP contribution is -2.36. The van der Waals surface area contributed by atoms with E-state index in [4.69, 9.17) is 9.47 Å². The number of hydrogen-bond donors (Lipinski definition) is 1. The molecule has 0 aliphatic carbocycles. The number of sulfonamides is 1. The van der Waals surface area contributed by atoms with Crippen LogP contribution < -0.4 is 19.1 Å². The third-order valence-electron chi connectivity index (χ3n) is 4.48. The Hall–Kier alpha value is -2.74. The summed E-state index contributed by atoms with van der Waals surface area (Å²) in [6, 6.07) is 14.4. The van der Waals surface area contributed by atoms with Gasteiger partial charge < -0.3 is 14.8 Å². The summed E-state index contributed by atoms with van der Waals surface area (Å²) < 4.78 is 35.1. The lowest BCUT2D eigenvalue weighted by molar-refractivity contribution is -0.127. The van der Waals surface area contributed by atoms with Gasteiger partial charge in [0.2, 0.25) is 10.0 Å². The summed E-state index contributed by atoms with van der Waals surface area (Å²) in [7, 11) is -0.205. The zero-order valence-electron chi connectivity index (χ0n) is 17.2. The Kier molecular flexibility index (Phi) is 7.90. The van der Waals surface area contributed by atoms with E-state index in [0.717, 1.165) is 24.8 Å². The summed E-state index contributed by atoms with van der Waals surface area (Å²) in [5.41, 5.74) is 1.71. The second-order valence-electron chi connectivity index (χ2n) is 6.73. The van der Waals surface area contributed by atoms with Crippen LogP contribution in [0.2, 0.25) is 0 Å². The maximum atomic E-state index is 12.2. The molecule has 7 nitrogen and oxygen atoms in total. The van der Waals surface area contributed by atoms with Gasteiger partial charge in [-0.2, -0.15) is 0 Å². The number of carbonyl (C=O) groups is 1. The fraction of sp³-hybridized carbons (Fsp3) is 0.381. The molecule has 1 amide bonds. The Morgan fingerprint density at radius 1 is 1.07 bits per heavy atom. The molecule has 29 heavy (non-hydrogen) atoms. The van der Waals surface area contributed by atoms with E-state index in [1.807, 2.05) is 24.3 Å². The van der Waals surface area contributed by atoms with Gasteiger partial charge in [-0.3, -0.25) is 9.10 Å². The third kappa shape index (κ3) is 6.98. The monoisotopic (exact) mass is 420 g/mol. The Morgan fingerprint density at radius 3 is 2.21 bits per heavy atom. The number of amides is 1. The van der Waals surface area contributed by atoms with E-state index in [0.29, 0.717) is 18.0 Å². The van der Waals surface area contributed by atoms with Crippen LogP contribution in [0.3, 0.4) is 0 Å². The molecule has 1 N–H and O–H groups in total. The van der Waals surface area contributed by atoms with Crippen molar-refractivity contribution in [2.75, 3.05) is 31.3 Å². The van der Waals surface area contributed by atoms with Crippen molar-refractivity contribution in [2.45, 2.75) is 25.9 Å². The lowest BCUT2D eigenvalue weighted by atomic mass is 10.1. The van der Waals surface area contributed by atoms with E-state index in [-0.39, 0.29) is 5.91 Å². The van der Waals surface area contributed by atoms with Crippen molar-refractivity contribution < 1.29 is 22.7 Å². The van der Waals surface area contributed by atoms with Gasteiger partial charge in [0.05, 0.1) is 19.1 Å². The molecule has 1 atom stereocenters. The fourth-order valence-corrected chi connectivity index (χ4v) is 3.13. The average molecular weight is 421 g/mol. The summed E-state index contributed by atoms with van der Waals surface area (Å²) in [4.78, 5) is 12.2. The van der Waals surface area contributed by atoms with Crippen molar-refractivity contribution in [3.05, 3.63) is 54.1 Å². The molecule has 8 heteroatoms. The number of anilines is 1. The van der Waals surface area contributed by atoms with E-state index in [1.54, 1.807) is 38.3 Å². The number of hydrogen-bond acceptors (Lipinski definition) is 5. The lowest BCUT2D eigenvalue weighted by Gasteiger charge is -2.18. The first-order chi connectivity index (χ1) is 13.7. The van der Waals surface area contributed by atoms with Gasteiger partial charge in [0.15, 0.2) is 6.10 Å². The highest BCUT2D eigenvalue weighted by molar-refractivity contribution is 7.92. The van der Waals surface area contributed by atoms with Gasteiger partial charge in [0, 0.05) is 13.6 Å². The zero-order valence-corrected chi connectivity index (χ0v) is 18.0. The number of aryl methyl sites for hydroxylation is 1. The van der Waals surface area contributed by atoms with E-state index in [1.165, 1.54) is 16.9 Å². The Labute approximate surface area is 172 Å². The SMILES string of the molecule is COc1ccc(CCCNC(=O)C(C)Oc2ccc(N(C)S(C)(=O)=O)cc2)cc1. The topological polar surface area (TPSA) is 84.9 Å². The summed E-state index contributed by atoms with van der Waals surface area (Å²) in [5, 5.41) is 2.87. The number of rotatable bonds is 10. The number of benzene rings is 2. The van der Waals surface area contributed by atoms with E-state index >= 15 is 0 Å². The average Bonchev–Trinajstić information content (AvgIpc) is 2.70. The van der Waals surface area contributed by atoms with Gasteiger partial charge in [-0.25, -0.2) is 8.42 Å². The highest BCUT2D eigenvalue weighted by atomic mass is 32.2. The first kappa shape index (κ1) is 22.5. The van der Waals surface area contributed by atoms with Gasteiger partial charge in [0.25, 0.3) is 5.91 Å². The van der Waals surface area contributed by atoms with Gasteiger partial charge in [-0.15, -0.1) is 0 Å². The van der Waals surface area contributed by atoms with Crippen LogP contribution in [0.1, 0.15) is 18.9 Å². The number of nitrogens with zero attached hydrogens (tertiary/aromatic N) is 1. The summed E-state index contributed by atoms with van der Waals surface area (Å²) in [6.07, 6.45) is 2.15. The van der Waals surface area contributed by atoms with Crippen molar-refractivity contribution in [3.63, 3.8) is 0 Å². The first-order valence-corrected chi connectivity index (χ1v) is 11.2. The van der Waals surface area contributed by atoms with Gasteiger partial charge in [-0.05, 0) is 61.7 Å². The molecular weight excluding hydrogens is 392 g/mol. The fourth-order valence-electron chi connectivity index (χ4n) is 2.62. The standard InChI is InChI=1S/C21H28N2O5S/c1-16(28-20-13-9-18(10-14-20)23(2)29(4,25)26)21(24)22-15-5-6-17-7-11-19(27-3)12-8-17/h7-14,16H,5-6,15H2,1-4H3,(H,22,24). The minimum Gasteiger partial charge on any atom is -0.497 e. The molecule has 2 aromatic carbocycles. The second-order valence-corrected chi connectivity index (χ2v) is 8.74. The number of nitrogens with one attached hydrogen (secondary N) is 1. The summed E-state index contributed by atoms with van der Waals surface area (Å²) in [5.74, 6) is 1.12. The molecule has 0 bridgehead atoms. The van der Waals surface area contributed by atoms with Crippen molar-refractivity contribution in [3.8, 4) is 11.5 Å². The van der Waals surface area contributed by atoms with Crippen LogP contribution in [0.4, 0.5) is 5.69 Å². The van der Waals surface area contributed by atoms with Crippen LogP contribution in [0.5, 0.6) is 11.5 Å². The Morgan fingerprint density at radius 2 is 1.66 bits per heavy atom. The second kappa shape index (κ2) is 10.2. The minimum atomic E-state index is -3.32. The van der Waals surface area contributed by atoms with Crippen LogP contribution in [0, 0.1) is 0 Å². The molecule has 0 fully saturated rings. The molecule has 0 aromatic heterocycles. The molecule has 0 aliphatic heterocycles. The molecule has 0 spiro atoms. The molecule has 0 aliphatic rings. The Balaban J connectivity index is 1.76. The maximum Gasteiger partial charge on any atom is 0.260 e. The largest absolute Gasteiger partial charge is 0.497 e. The quantitative estimate of drug-likeness (QED) is 0.597.